The minimum absolute atomic E-state index is 0.107. The molecule has 1 aromatic carbocycles. The topological polar surface area (TPSA) is 29.5 Å². The second-order valence-corrected chi connectivity index (χ2v) is 3.60. The summed E-state index contributed by atoms with van der Waals surface area (Å²) < 4.78 is 13.4. The largest absolute Gasteiger partial charge is 0.281 e. The number of rotatable bonds is 1. The first kappa shape index (κ1) is 10.4. The summed E-state index contributed by atoms with van der Waals surface area (Å²) in [4.78, 5) is 16.8. The van der Waals surface area contributed by atoms with Crippen molar-refractivity contribution in [2.24, 2.45) is 0 Å². The highest BCUT2D eigenvalue weighted by Gasteiger charge is 2.25. The minimum Gasteiger partial charge on any atom is -0.271 e. The standard InChI is InChI=1S/C10H9ClFNO2/c11-7-3-1-4-8(12)9(7)10(14)13-5-2-6-15-13/h1,3-4H,2,5-6H2. The van der Waals surface area contributed by atoms with E-state index < -0.39 is 11.7 Å². The van der Waals surface area contributed by atoms with Crippen molar-refractivity contribution in [3.05, 3.63) is 34.6 Å². The Morgan fingerprint density at radius 2 is 2.33 bits per heavy atom. The molecule has 0 bridgehead atoms. The van der Waals surface area contributed by atoms with Crippen LogP contribution in [-0.2, 0) is 4.84 Å². The molecule has 0 aliphatic carbocycles. The van der Waals surface area contributed by atoms with Crippen LogP contribution in [0.2, 0.25) is 5.02 Å². The molecule has 1 aliphatic rings. The van der Waals surface area contributed by atoms with Crippen LogP contribution in [-0.4, -0.2) is 24.1 Å². The second kappa shape index (κ2) is 4.16. The Labute approximate surface area is 91.3 Å². The van der Waals surface area contributed by atoms with Gasteiger partial charge in [0.25, 0.3) is 5.91 Å². The van der Waals surface area contributed by atoms with Crippen LogP contribution in [0.25, 0.3) is 0 Å². The summed E-state index contributed by atoms with van der Waals surface area (Å²) in [7, 11) is 0. The lowest BCUT2D eigenvalue weighted by atomic mass is 10.2. The average Bonchev–Trinajstić information content (AvgIpc) is 2.69. The third-order valence-electron chi connectivity index (χ3n) is 2.16. The highest BCUT2D eigenvalue weighted by atomic mass is 35.5. The molecule has 0 saturated carbocycles. The molecule has 0 aromatic heterocycles. The zero-order valence-electron chi connectivity index (χ0n) is 7.87. The van der Waals surface area contributed by atoms with Crippen LogP contribution in [0.5, 0.6) is 0 Å². The highest BCUT2D eigenvalue weighted by Crippen LogP contribution is 2.22. The normalized spacial score (nSPS) is 15.7. The number of carbonyl (C=O) groups is 1. The van der Waals surface area contributed by atoms with E-state index in [2.05, 4.69) is 0 Å². The predicted octanol–water partition coefficient (Wildman–Crippen LogP) is 2.26. The number of hydroxylamine groups is 2. The Bertz CT molecular complexity index is 371. The molecular formula is C10H9ClFNO2. The first-order chi connectivity index (χ1) is 7.20. The zero-order valence-corrected chi connectivity index (χ0v) is 8.63. The van der Waals surface area contributed by atoms with Crippen LogP contribution in [0.1, 0.15) is 16.8 Å². The van der Waals surface area contributed by atoms with Crippen LogP contribution in [0, 0.1) is 5.82 Å². The van der Waals surface area contributed by atoms with Crippen molar-refractivity contribution in [2.45, 2.75) is 6.42 Å². The van der Waals surface area contributed by atoms with E-state index in [4.69, 9.17) is 16.4 Å². The van der Waals surface area contributed by atoms with Crippen molar-refractivity contribution in [2.75, 3.05) is 13.2 Å². The summed E-state index contributed by atoms with van der Waals surface area (Å²) in [5.41, 5.74) is -0.124. The van der Waals surface area contributed by atoms with Gasteiger partial charge in [-0.2, -0.15) is 0 Å². The van der Waals surface area contributed by atoms with Crippen LogP contribution in [0.15, 0.2) is 18.2 Å². The number of halogens is 2. The first-order valence-electron chi connectivity index (χ1n) is 4.59. The third-order valence-corrected chi connectivity index (χ3v) is 2.47. The quantitative estimate of drug-likeness (QED) is 0.739. The van der Waals surface area contributed by atoms with Crippen molar-refractivity contribution >= 4 is 17.5 Å². The van der Waals surface area contributed by atoms with Crippen LogP contribution < -0.4 is 0 Å². The van der Waals surface area contributed by atoms with Crippen molar-refractivity contribution in [3.8, 4) is 0 Å². The molecule has 1 saturated heterocycles. The molecule has 0 radical (unpaired) electrons. The summed E-state index contributed by atoms with van der Waals surface area (Å²) in [6.45, 7) is 0.960. The van der Waals surface area contributed by atoms with E-state index >= 15 is 0 Å². The molecule has 1 aliphatic heterocycles. The molecule has 0 spiro atoms. The Morgan fingerprint density at radius 1 is 1.53 bits per heavy atom. The summed E-state index contributed by atoms with van der Waals surface area (Å²) in [6, 6.07) is 4.14. The highest BCUT2D eigenvalue weighted by molar-refractivity contribution is 6.33. The van der Waals surface area contributed by atoms with E-state index in [-0.39, 0.29) is 10.6 Å². The molecule has 0 unspecified atom stereocenters. The lowest BCUT2D eigenvalue weighted by Crippen LogP contribution is -2.27. The van der Waals surface area contributed by atoms with Gasteiger partial charge >= 0.3 is 0 Å². The summed E-state index contributed by atoms with van der Waals surface area (Å²) in [5, 5.41) is 1.25. The Balaban J connectivity index is 2.32. The van der Waals surface area contributed by atoms with Crippen LogP contribution in [0.3, 0.4) is 0 Å². The molecular weight excluding hydrogens is 221 g/mol. The summed E-state index contributed by atoms with van der Waals surface area (Å²) in [6.07, 6.45) is 0.762. The van der Waals surface area contributed by atoms with Crippen LogP contribution in [0.4, 0.5) is 4.39 Å². The SMILES string of the molecule is O=C(c1c(F)cccc1Cl)N1CCCO1. The number of nitrogens with zero attached hydrogens (tertiary/aromatic N) is 1. The molecule has 1 heterocycles. The molecule has 15 heavy (non-hydrogen) atoms. The van der Waals surface area contributed by atoms with Gasteiger partial charge in [0, 0.05) is 0 Å². The number of hydrogen-bond donors (Lipinski definition) is 0. The maximum atomic E-state index is 13.4. The molecule has 0 atom stereocenters. The molecule has 2 rings (SSSR count). The summed E-state index contributed by atoms with van der Waals surface area (Å²) in [5.74, 6) is -1.14. The van der Waals surface area contributed by atoms with Gasteiger partial charge in [0.15, 0.2) is 0 Å². The van der Waals surface area contributed by atoms with Crippen molar-refractivity contribution < 1.29 is 14.0 Å². The Hall–Kier alpha value is -1.13. The van der Waals surface area contributed by atoms with Gasteiger partial charge in [0.2, 0.25) is 0 Å². The van der Waals surface area contributed by atoms with Gasteiger partial charge in [0.1, 0.15) is 5.82 Å². The maximum Gasteiger partial charge on any atom is 0.281 e. The fourth-order valence-corrected chi connectivity index (χ4v) is 1.68. The van der Waals surface area contributed by atoms with Gasteiger partial charge in [-0.3, -0.25) is 9.63 Å². The first-order valence-corrected chi connectivity index (χ1v) is 4.97. The van der Waals surface area contributed by atoms with Gasteiger partial charge < -0.3 is 0 Å². The van der Waals surface area contributed by atoms with Crippen LogP contribution >= 0.6 is 11.6 Å². The zero-order chi connectivity index (χ0) is 10.8. The van der Waals surface area contributed by atoms with Gasteiger partial charge in [-0.25, -0.2) is 9.45 Å². The molecule has 5 heteroatoms. The van der Waals surface area contributed by atoms with E-state index in [1.165, 1.54) is 18.2 Å². The van der Waals surface area contributed by atoms with Crippen molar-refractivity contribution in [1.82, 2.24) is 5.06 Å². The Kier molecular flexibility index (Phi) is 2.88. The van der Waals surface area contributed by atoms with E-state index in [1.54, 1.807) is 0 Å². The monoisotopic (exact) mass is 229 g/mol. The molecule has 80 valence electrons. The maximum absolute atomic E-state index is 13.4. The van der Waals surface area contributed by atoms with Gasteiger partial charge in [0.05, 0.1) is 23.7 Å². The fraction of sp³-hybridized carbons (Fsp3) is 0.300. The molecule has 1 fully saturated rings. The molecule has 1 aromatic rings. The third kappa shape index (κ3) is 1.96. The lowest BCUT2D eigenvalue weighted by Gasteiger charge is -2.14. The number of amides is 1. The summed E-state index contributed by atoms with van der Waals surface area (Å²) >= 11 is 5.76. The number of benzene rings is 1. The minimum atomic E-state index is -0.622. The van der Waals surface area contributed by atoms with Gasteiger partial charge in [-0.05, 0) is 18.6 Å². The number of hydrogen-bond acceptors (Lipinski definition) is 2. The smallest absolute Gasteiger partial charge is 0.271 e. The average molecular weight is 230 g/mol. The molecule has 0 N–H and O–H groups in total. The Morgan fingerprint density at radius 3 is 2.93 bits per heavy atom. The lowest BCUT2D eigenvalue weighted by molar-refractivity contribution is -0.0770. The van der Waals surface area contributed by atoms with Gasteiger partial charge in [-0.1, -0.05) is 17.7 Å². The molecule has 3 nitrogen and oxygen atoms in total. The fourth-order valence-electron chi connectivity index (χ4n) is 1.43. The van der Waals surface area contributed by atoms with E-state index in [1.807, 2.05) is 0 Å². The van der Waals surface area contributed by atoms with Gasteiger partial charge in [-0.15, -0.1) is 0 Å². The second-order valence-electron chi connectivity index (χ2n) is 3.19. The molecule has 1 amide bonds. The van der Waals surface area contributed by atoms with E-state index in [0.717, 1.165) is 11.5 Å². The van der Waals surface area contributed by atoms with E-state index in [9.17, 15) is 9.18 Å². The van der Waals surface area contributed by atoms with Crippen molar-refractivity contribution in [3.63, 3.8) is 0 Å². The van der Waals surface area contributed by atoms with E-state index in [0.29, 0.717) is 13.2 Å². The number of carbonyl (C=O) groups excluding carboxylic acids is 1. The van der Waals surface area contributed by atoms with Crippen molar-refractivity contribution in [1.29, 1.82) is 0 Å². The predicted molar refractivity (Wildman–Crippen MR) is 53.0 cm³/mol.